The number of hydrogen-bond donors (Lipinski definition) is 1. The van der Waals surface area contributed by atoms with Gasteiger partial charge in [-0.15, -0.1) is 0 Å². The lowest BCUT2D eigenvalue weighted by Gasteiger charge is -2.14. The average Bonchev–Trinajstić information content (AvgIpc) is 2.93. The molecular formula is C18H21N3. The first-order chi connectivity index (χ1) is 10.4. The molecule has 3 nitrogen and oxygen atoms in total. The predicted octanol–water partition coefficient (Wildman–Crippen LogP) is 4.61. The average molecular weight is 279 g/mol. The topological polar surface area (TPSA) is 40.5 Å². The van der Waals surface area contributed by atoms with Crippen LogP contribution in [-0.4, -0.2) is 16.4 Å². The minimum absolute atomic E-state index is 1.04. The number of fused-ring (bicyclic) bond motifs is 3. The Hall–Kier alpha value is -1.90. The number of benzene rings is 1. The van der Waals surface area contributed by atoms with Crippen LogP contribution in [0.5, 0.6) is 0 Å². The van der Waals surface area contributed by atoms with E-state index in [9.17, 15) is 0 Å². The molecule has 1 saturated carbocycles. The fourth-order valence-electron chi connectivity index (χ4n) is 3.55. The Balaban J connectivity index is 1.72. The Morgan fingerprint density at radius 2 is 1.67 bits per heavy atom. The lowest BCUT2D eigenvalue weighted by atomic mass is 9.94. The van der Waals surface area contributed by atoms with Gasteiger partial charge < -0.3 is 4.98 Å². The summed E-state index contributed by atoms with van der Waals surface area (Å²) in [6.07, 6.45) is 9.54. The molecule has 0 radical (unpaired) electrons. The molecule has 0 bridgehead atoms. The number of aromatic amines is 1. The second kappa shape index (κ2) is 5.47. The van der Waals surface area contributed by atoms with Gasteiger partial charge in [0, 0.05) is 16.6 Å². The van der Waals surface area contributed by atoms with E-state index in [1.165, 1.54) is 53.6 Å². The van der Waals surface area contributed by atoms with Crippen molar-refractivity contribution < 1.29 is 0 Å². The molecule has 1 heterocycles. The molecule has 0 spiro atoms. The molecule has 0 saturated heterocycles. The van der Waals surface area contributed by atoms with Gasteiger partial charge in [-0.1, -0.05) is 24.6 Å². The van der Waals surface area contributed by atoms with Crippen LogP contribution in [0.25, 0.3) is 10.9 Å². The van der Waals surface area contributed by atoms with Crippen molar-refractivity contribution in [3.8, 4) is 0 Å². The van der Waals surface area contributed by atoms with Gasteiger partial charge in [-0.2, -0.15) is 10.2 Å². The Morgan fingerprint density at radius 3 is 2.57 bits per heavy atom. The van der Waals surface area contributed by atoms with Gasteiger partial charge in [0.1, 0.15) is 0 Å². The SMILES string of the molecule is c1ccc2c3c([nH]c2c1)C(=NN=C1CCCCC1)CCC3. The van der Waals surface area contributed by atoms with Crippen molar-refractivity contribution in [3.05, 3.63) is 35.5 Å². The van der Waals surface area contributed by atoms with Gasteiger partial charge in [-0.3, -0.25) is 0 Å². The normalized spacial score (nSPS) is 20.8. The number of para-hydroxylation sites is 1. The zero-order valence-electron chi connectivity index (χ0n) is 12.4. The predicted molar refractivity (Wildman–Crippen MR) is 88.3 cm³/mol. The van der Waals surface area contributed by atoms with E-state index < -0.39 is 0 Å². The van der Waals surface area contributed by atoms with E-state index in [0.29, 0.717) is 0 Å². The van der Waals surface area contributed by atoms with E-state index in [4.69, 9.17) is 0 Å². The van der Waals surface area contributed by atoms with Crippen LogP contribution in [0.4, 0.5) is 0 Å². The van der Waals surface area contributed by atoms with Crippen LogP contribution in [0.3, 0.4) is 0 Å². The standard InChI is InChI=1S/C18H21N3/c1-2-7-13(8-3-1)20-21-17-12-6-10-15-14-9-4-5-11-16(14)19-18(15)17/h4-5,9,11,19H,1-3,6-8,10,12H2. The molecule has 0 unspecified atom stereocenters. The maximum absolute atomic E-state index is 4.62. The van der Waals surface area contributed by atoms with Gasteiger partial charge in [0.2, 0.25) is 0 Å². The third-order valence-electron chi connectivity index (χ3n) is 4.69. The molecule has 1 N–H and O–H groups in total. The molecule has 2 aliphatic rings. The minimum atomic E-state index is 1.04. The Kier molecular flexibility index (Phi) is 3.34. The molecular weight excluding hydrogens is 258 g/mol. The summed E-state index contributed by atoms with van der Waals surface area (Å²) < 4.78 is 0. The Labute approximate surface area is 125 Å². The van der Waals surface area contributed by atoms with Crippen molar-refractivity contribution in [2.24, 2.45) is 10.2 Å². The molecule has 2 aromatic rings. The molecule has 0 aliphatic heterocycles. The zero-order chi connectivity index (χ0) is 14.1. The first-order valence-electron chi connectivity index (χ1n) is 8.14. The third kappa shape index (κ3) is 2.41. The van der Waals surface area contributed by atoms with Crippen LogP contribution >= 0.6 is 0 Å². The second-order valence-corrected chi connectivity index (χ2v) is 6.15. The van der Waals surface area contributed by atoms with Crippen LogP contribution in [0.1, 0.15) is 56.2 Å². The first kappa shape index (κ1) is 12.8. The smallest absolute Gasteiger partial charge is 0.0867 e. The third-order valence-corrected chi connectivity index (χ3v) is 4.69. The zero-order valence-corrected chi connectivity index (χ0v) is 12.4. The van der Waals surface area contributed by atoms with Crippen molar-refractivity contribution in [2.75, 3.05) is 0 Å². The van der Waals surface area contributed by atoms with E-state index in [2.05, 4.69) is 39.5 Å². The quantitative estimate of drug-likeness (QED) is 0.740. The molecule has 2 aliphatic carbocycles. The monoisotopic (exact) mass is 279 g/mol. The molecule has 4 rings (SSSR count). The maximum atomic E-state index is 4.62. The first-order valence-corrected chi connectivity index (χ1v) is 8.14. The number of H-pyrrole nitrogens is 1. The molecule has 3 heteroatoms. The lowest BCUT2D eigenvalue weighted by Crippen LogP contribution is -2.11. The maximum Gasteiger partial charge on any atom is 0.0867 e. The largest absolute Gasteiger partial charge is 0.353 e. The van der Waals surface area contributed by atoms with E-state index in [1.54, 1.807) is 0 Å². The molecule has 0 amide bonds. The number of aryl methyl sites for hydroxylation is 1. The highest BCUT2D eigenvalue weighted by Crippen LogP contribution is 2.29. The van der Waals surface area contributed by atoms with Gasteiger partial charge in [-0.25, -0.2) is 0 Å². The molecule has 0 atom stereocenters. The Bertz CT molecular complexity index is 713. The molecule has 1 aromatic heterocycles. The van der Waals surface area contributed by atoms with E-state index in [1.807, 2.05) is 0 Å². The highest BCUT2D eigenvalue weighted by Gasteiger charge is 2.20. The fourth-order valence-corrected chi connectivity index (χ4v) is 3.55. The summed E-state index contributed by atoms with van der Waals surface area (Å²) in [4.78, 5) is 3.55. The van der Waals surface area contributed by atoms with Gasteiger partial charge in [0.05, 0.1) is 11.4 Å². The second-order valence-electron chi connectivity index (χ2n) is 6.15. The number of aromatic nitrogens is 1. The number of rotatable bonds is 1. The van der Waals surface area contributed by atoms with Gasteiger partial charge in [-0.05, 0) is 56.6 Å². The number of hydrogen-bond acceptors (Lipinski definition) is 2. The van der Waals surface area contributed by atoms with Crippen LogP contribution in [0.15, 0.2) is 34.5 Å². The van der Waals surface area contributed by atoms with Gasteiger partial charge >= 0.3 is 0 Å². The van der Waals surface area contributed by atoms with Crippen molar-refractivity contribution in [3.63, 3.8) is 0 Å². The highest BCUT2D eigenvalue weighted by atomic mass is 15.2. The van der Waals surface area contributed by atoms with Crippen molar-refractivity contribution in [1.29, 1.82) is 0 Å². The minimum Gasteiger partial charge on any atom is -0.353 e. The van der Waals surface area contributed by atoms with Crippen LogP contribution in [0, 0.1) is 0 Å². The summed E-state index contributed by atoms with van der Waals surface area (Å²) in [6, 6.07) is 8.56. The van der Waals surface area contributed by atoms with Crippen molar-refractivity contribution in [2.45, 2.75) is 51.4 Å². The molecule has 21 heavy (non-hydrogen) atoms. The Morgan fingerprint density at radius 1 is 0.810 bits per heavy atom. The number of nitrogens with zero attached hydrogens (tertiary/aromatic N) is 2. The van der Waals surface area contributed by atoms with E-state index in [0.717, 1.165) is 31.4 Å². The summed E-state index contributed by atoms with van der Waals surface area (Å²) in [6.45, 7) is 0. The van der Waals surface area contributed by atoms with Gasteiger partial charge in [0.25, 0.3) is 0 Å². The van der Waals surface area contributed by atoms with Crippen molar-refractivity contribution >= 4 is 22.3 Å². The summed E-state index contributed by atoms with van der Waals surface area (Å²) in [5, 5.41) is 10.5. The summed E-state index contributed by atoms with van der Waals surface area (Å²) in [7, 11) is 0. The number of nitrogens with one attached hydrogen (secondary N) is 1. The van der Waals surface area contributed by atoms with Crippen LogP contribution in [0.2, 0.25) is 0 Å². The molecule has 1 fully saturated rings. The van der Waals surface area contributed by atoms with Crippen molar-refractivity contribution in [1.82, 2.24) is 4.98 Å². The summed E-state index contributed by atoms with van der Waals surface area (Å²) >= 11 is 0. The fraction of sp³-hybridized carbons (Fsp3) is 0.444. The van der Waals surface area contributed by atoms with Gasteiger partial charge in [0.15, 0.2) is 0 Å². The highest BCUT2D eigenvalue weighted by molar-refractivity contribution is 6.06. The van der Waals surface area contributed by atoms with E-state index in [-0.39, 0.29) is 0 Å². The summed E-state index contributed by atoms with van der Waals surface area (Å²) in [5.74, 6) is 0. The van der Waals surface area contributed by atoms with E-state index >= 15 is 0 Å². The molecule has 1 aromatic carbocycles. The lowest BCUT2D eigenvalue weighted by molar-refractivity contribution is 0.664. The molecule has 108 valence electrons. The van der Waals surface area contributed by atoms with Crippen LogP contribution in [-0.2, 0) is 6.42 Å². The summed E-state index contributed by atoms with van der Waals surface area (Å²) in [5.41, 5.74) is 6.31. The van der Waals surface area contributed by atoms with Crippen LogP contribution < -0.4 is 0 Å².